The first-order chi connectivity index (χ1) is 6.47. The Labute approximate surface area is 83.8 Å². The van der Waals surface area contributed by atoms with Crippen molar-refractivity contribution in [2.75, 3.05) is 19.2 Å². The van der Waals surface area contributed by atoms with E-state index in [1.165, 1.54) is 0 Å². The normalized spacial score (nSPS) is 9.21. The smallest absolute Gasteiger partial charge is 0.412 e. The third kappa shape index (κ3) is 5.20. The Bertz CT molecular complexity index is 226. The number of rotatable bonds is 5. The lowest BCUT2D eigenvalue weighted by Gasteiger charge is -2.16. The summed E-state index contributed by atoms with van der Waals surface area (Å²) in [6, 6.07) is -0.464. The van der Waals surface area contributed by atoms with E-state index in [2.05, 4.69) is 4.74 Å². The fraction of sp³-hybridized carbons (Fsp3) is 0.500. The topological polar surface area (TPSA) is 104 Å². The van der Waals surface area contributed by atoms with Gasteiger partial charge in [0.25, 0.3) is 0 Å². The van der Waals surface area contributed by atoms with Gasteiger partial charge in [0.05, 0.1) is 0 Å². The number of halogens is 1. The second-order valence-corrected chi connectivity index (χ2v) is 2.38. The Balaban J connectivity index is 4.29. The number of alkyl halides is 1. The van der Waals surface area contributed by atoms with Gasteiger partial charge in [0, 0.05) is 0 Å². The number of carbonyl (C=O) groups excluding carboxylic acids is 1. The monoisotopic (exact) mass is 225 g/mol. The van der Waals surface area contributed by atoms with Gasteiger partial charge in [-0.25, -0.2) is 4.79 Å². The standard InChI is InChI=1S/C6H8ClNO6/c7-3-14-6(13)8(1-4(9)10)2-5(11)12/h1-3H2,(H,9,10)(H,11,12). The molecule has 8 heteroatoms. The van der Waals surface area contributed by atoms with Gasteiger partial charge in [0.1, 0.15) is 13.1 Å². The number of ether oxygens (including phenoxy) is 1. The minimum atomic E-state index is -1.34. The Morgan fingerprint density at radius 3 is 1.86 bits per heavy atom. The maximum atomic E-state index is 10.9. The van der Waals surface area contributed by atoms with Crippen molar-refractivity contribution >= 4 is 29.6 Å². The number of hydrogen-bond donors (Lipinski definition) is 2. The molecule has 0 aliphatic carbocycles. The number of amides is 1. The van der Waals surface area contributed by atoms with E-state index in [0.29, 0.717) is 4.90 Å². The number of carboxylic acid groups (broad SMARTS) is 2. The van der Waals surface area contributed by atoms with E-state index >= 15 is 0 Å². The summed E-state index contributed by atoms with van der Waals surface area (Å²) in [4.78, 5) is 31.9. The minimum absolute atomic E-state index is 0.464. The van der Waals surface area contributed by atoms with Crippen molar-refractivity contribution in [3.05, 3.63) is 0 Å². The van der Waals surface area contributed by atoms with Gasteiger partial charge in [-0.3, -0.25) is 14.5 Å². The van der Waals surface area contributed by atoms with Crippen LogP contribution in [0.1, 0.15) is 0 Å². The van der Waals surface area contributed by atoms with E-state index in [9.17, 15) is 14.4 Å². The lowest BCUT2D eigenvalue weighted by molar-refractivity contribution is -0.141. The van der Waals surface area contributed by atoms with Crippen LogP contribution >= 0.6 is 11.6 Å². The van der Waals surface area contributed by atoms with Crippen LogP contribution in [0, 0.1) is 0 Å². The molecule has 0 aromatic rings. The van der Waals surface area contributed by atoms with E-state index in [4.69, 9.17) is 21.8 Å². The maximum absolute atomic E-state index is 10.9. The molecule has 0 aliphatic heterocycles. The lowest BCUT2D eigenvalue weighted by Crippen LogP contribution is -2.39. The summed E-state index contributed by atoms with van der Waals surface area (Å²) in [5.41, 5.74) is 0. The maximum Gasteiger partial charge on any atom is 0.412 e. The second-order valence-electron chi connectivity index (χ2n) is 2.16. The summed E-state index contributed by atoms with van der Waals surface area (Å²) >= 11 is 5.05. The Hall–Kier alpha value is -1.50. The van der Waals surface area contributed by atoms with Crippen LogP contribution in [-0.2, 0) is 14.3 Å². The molecule has 80 valence electrons. The van der Waals surface area contributed by atoms with Crippen LogP contribution in [0.5, 0.6) is 0 Å². The van der Waals surface area contributed by atoms with Crippen LogP contribution in [0.3, 0.4) is 0 Å². The van der Waals surface area contributed by atoms with Crippen molar-refractivity contribution in [1.29, 1.82) is 0 Å². The molecule has 14 heavy (non-hydrogen) atoms. The Morgan fingerprint density at radius 1 is 1.14 bits per heavy atom. The van der Waals surface area contributed by atoms with E-state index in [1.54, 1.807) is 0 Å². The first kappa shape index (κ1) is 12.5. The van der Waals surface area contributed by atoms with Crippen LogP contribution in [-0.4, -0.2) is 52.3 Å². The predicted molar refractivity (Wildman–Crippen MR) is 44.0 cm³/mol. The molecule has 0 aliphatic rings. The predicted octanol–water partition coefficient (Wildman–Crippen LogP) is -0.209. The average molecular weight is 226 g/mol. The zero-order valence-electron chi connectivity index (χ0n) is 6.97. The molecule has 0 bridgehead atoms. The van der Waals surface area contributed by atoms with E-state index in [-0.39, 0.29) is 0 Å². The van der Waals surface area contributed by atoms with Crippen LogP contribution in [0.25, 0.3) is 0 Å². The molecule has 1 amide bonds. The van der Waals surface area contributed by atoms with Crippen LogP contribution in [0.4, 0.5) is 4.79 Å². The summed E-state index contributed by atoms with van der Waals surface area (Å²) in [6.45, 7) is -1.50. The summed E-state index contributed by atoms with van der Waals surface area (Å²) in [5, 5.41) is 16.7. The van der Waals surface area contributed by atoms with Crippen molar-refractivity contribution in [2.24, 2.45) is 0 Å². The van der Waals surface area contributed by atoms with Crippen molar-refractivity contribution in [3.8, 4) is 0 Å². The Morgan fingerprint density at radius 2 is 1.57 bits per heavy atom. The largest absolute Gasteiger partial charge is 0.480 e. The van der Waals surface area contributed by atoms with E-state index in [1.807, 2.05) is 0 Å². The molecule has 0 saturated heterocycles. The number of carboxylic acids is 2. The molecule has 7 nitrogen and oxygen atoms in total. The van der Waals surface area contributed by atoms with Crippen molar-refractivity contribution < 1.29 is 29.3 Å². The molecule has 0 spiro atoms. The molecule has 0 rings (SSSR count). The minimum Gasteiger partial charge on any atom is -0.480 e. The van der Waals surface area contributed by atoms with Crippen molar-refractivity contribution in [2.45, 2.75) is 0 Å². The highest BCUT2D eigenvalue weighted by molar-refractivity contribution is 6.17. The van der Waals surface area contributed by atoms with Gasteiger partial charge in [-0.2, -0.15) is 0 Å². The molecular formula is C6H8ClNO6. The molecule has 2 N–H and O–H groups in total. The van der Waals surface area contributed by atoms with Crippen molar-refractivity contribution in [1.82, 2.24) is 4.90 Å². The summed E-state index contributed by atoms with van der Waals surface area (Å²) < 4.78 is 4.23. The highest BCUT2D eigenvalue weighted by Gasteiger charge is 2.20. The number of carbonyl (C=O) groups is 3. The molecule has 0 radical (unpaired) electrons. The summed E-state index contributed by atoms with van der Waals surface area (Å²) in [5.74, 6) is -2.67. The zero-order valence-corrected chi connectivity index (χ0v) is 7.73. The molecule has 0 unspecified atom stereocenters. The van der Waals surface area contributed by atoms with Crippen LogP contribution in [0.15, 0.2) is 0 Å². The SMILES string of the molecule is O=C(O)CN(CC(=O)O)C(=O)OCCl. The molecule has 0 atom stereocenters. The third-order valence-electron chi connectivity index (χ3n) is 1.09. The molecule has 0 fully saturated rings. The first-order valence-electron chi connectivity index (χ1n) is 3.38. The zero-order chi connectivity index (χ0) is 11.1. The first-order valence-corrected chi connectivity index (χ1v) is 3.92. The van der Waals surface area contributed by atoms with Gasteiger partial charge in [-0.15, -0.1) is 0 Å². The third-order valence-corrected chi connectivity index (χ3v) is 1.20. The molecule has 0 aromatic carbocycles. The number of aliphatic carboxylic acids is 2. The van der Waals surface area contributed by atoms with Crippen LogP contribution < -0.4 is 0 Å². The highest BCUT2D eigenvalue weighted by Crippen LogP contribution is 1.95. The highest BCUT2D eigenvalue weighted by atomic mass is 35.5. The molecular weight excluding hydrogens is 218 g/mol. The van der Waals surface area contributed by atoms with Crippen molar-refractivity contribution in [3.63, 3.8) is 0 Å². The number of nitrogens with zero attached hydrogens (tertiary/aromatic N) is 1. The van der Waals surface area contributed by atoms with Gasteiger partial charge < -0.3 is 14.9 Å². The second kappa shape index (κ2) is 6.03. The number of hydrogen-bond acceptors (Lipinski definition) is 4. The van der Waals surface area contributed by atoms with Gasteiger partial charge in [0.2, 0.25) is 0 Å². The fourth-order valence-electron chi connectivity index (χ4n) is 0.650. The van der Waals surface area contributed by atoms with Crippen LogP contribution in [0.2, 0.25) is 0 Å². The average Bonchev–Trinajstić information content (AvgIpc) is 2.01. The fourth-order valence-corrected chi connectivity index (χ4v) is 0.743. The van der Waals surface area contributed by atoms with Gasteiger partial charge >= 0.3 is 18.0 Å². The van der Waals surface area contributed by atoms with Gasteiger partial charge in [0.15, 0.2) is 6.07 Å². The Kier molecular flexibility index (Phi) is 5.38. The molecule has 0 aromatic heterocycles. The summed E-state index contributed by atoms with van der Waals surface area (Å²) in [7, 11) is 0. The van der Waals surface area contributed by atoms with E-state index < -0.39 is 37.2 Å². The lowest BCUT2D eigenvalue weighted by atomic mass is 10.5. The quantitative estimate of drug-likeness (QED) is 0.628. The summed E-state index contributed by atoms with van der Waals surface area (Å²) in [6.07, 6.45) is -1.08. The molecule has 0 saturated carbocycles. The van der Waals surface area contributed by atoms with E-state index in [0.717, 1.165) is 0 Å². The molecule has 0 heterocycles. The van der Waals surface area contributed by atoms with Gasteiger partial charge in [-0.1, -0.05) is 11.6 Å². The van der Waals surface area contributed by atoms with Gasteiger partial charge in [-0.05, 0) is 0 Å².